The molecule has 1 heterocycles. The molecule has 4 heteroatoms. The third kappa shape index (κ3) is 4.18. The molecule has 19 heavy (non-hydrogen) atoms. The molecule has 1 aliphatic carbocycles. The number of carbonyl (C=O) groups excluding carboxylic acids is 1. The van der Waals surface area contributed by atoms with Gasteiger partial charge < -0.3 is 14.2 Å². The van der Waals surface area contributed by atoms with Crippen LogP contribution in [0.25, 0.3) is 0 Å². The molecule has 2 rings (SSSR count). The number of carbonyl (C=O) groups is 1. The van der Waals surface area contributed by atoms with Crippen LogP contribution in [-0.4, -0.2) is 31.1 Å². The minimum atomic E-state index is -0.439. The van der Waals surface area contributed by atoms with Crippen LogP contribution in [0, 0.1) is 11.8 Å². The summed E-state index contributed by atoms with van der Waals surface area (Å²) >= 11 is 0. The first kappa shape index (κ1) is 14.3. The lowest BCUT2D eigenvalue weighted by Crippen LogP contribution is -2.22. The zero-order chi connectivity index (χ0) is 13.9. The quantitative estimate of drug-likeness (QED) is 0.435. The molecule has 2 aliphatic rings. The highest BCUT2D eigenvalue weighted by Gasteiger charge is 2.47. The van der Waals surface area contributed by atoms with Crippen LogP contribution in [0.3, 0.4) is 0 Å². The average molecular weight is 266 g/mol. The Hall–Kier alpha value is -1.13. The molecule has 0 aromatic carbocycles. The van der Waals surface area contributed by atoms with Crippen LogP contribution in [-0.2, 0) is 19.0 Å². The van der Waals surface area contributed by atoms with Gasteiger partial charge in [0, 0.05) is 6.08 Å². The molecule has 0 unspecified atom stereocenters. The first-order valence-corrected chi connectivity index (χ1v) is 6.85. The van der Waals surface area contributed by atoms with Gasteiger partial charge in [-0.05, 0) is 39.0 Å². The molecule has 0 bridgehead atoms. The fraction of sp³-hybridized carbons (Fsp3) is 0.667. The van der Waals surface area contributed by atoms with Crippen LogP contribution in [0.15, 0.2) is 24.3 Å². The van der Waals surface area contributed by atoms with E-state index in [1.165, 1.54) is 6.08 Å². The maximum absolute atomic E-state index is 11.1. The Morgan fingerprint density at radius 2 is 2.21 bits per heavy atom. The highest BCUT2D eigenvalue weighted by atomic mass is 16.7. The molecule has 1 saturated carbocycles. The Morgan fingerprint density at radius 3 is 2.84 bits per heavy atom. The molecular weight excluding hydrogens is 244 g/mol. The zero-order valence-corrected chi connectivity index (χ0v) is 11.8. The van der Waals surface area contributed by atoms with Crippen LogP contribution in [0.5, 0.6) is 0 Å². The van der Waals surface area contributed by atoms with Crippen molar-refractivity contribution < 1.29 is 19.0 Å². The molecule has 106 valence electrons. The summed E-state index contributed by atoms with van der Waals surface area (Å²) in [5.74, 6) is 0.350. The third-order valence-corrected chi connectivity index (χ3v) is 3.39. The van der Waals surface area contributed by atoms with E-state index < -0.39 is 5.79 Å². The van der Waals surface area contributed by atoms with E-state index in [-0.39, 0.29) is 12.1 Å². The fourth-order valence-corrected chi connectivity index (χ4v) is 2.34. The van der Waals surface area contributed by atoms with Crippen molar-refractivity contribution in [1.29, 1.82) is 0 Å². The van der Waals surface area contributed by atoms with Crippen molar-refractivity contribution in [3.8, 4) is 0 Å². The maximum atomic E-state index is 11.1. The van der Waals surface area contributed by atoms with E-state index in [1.807, 2.05) is 19.9 Å². The van der Waals surface area contributed by atoms with Gasteiger partial charge in [-0.15, -0.1) is 0 Å². The summed E-state index contributed by atoms with van der Waals surface area (Å²) in [7, 11) is 0. The molecule has 0 radical (unpaired) electrons. The van der Waals surface area contributed by atoms with E-state index in [4.69, 9.17) is 14.2 Å². The second kappa shape index (κ2) is 5.88. The van der Waals surface area contributed by atoms with Gasteiger partial charge in [0.15, 0.2) is 5.79 Å². The zero-order valence-electron chi connectivity index (χ0n) is 11.8. The topological polar surface area (TPSA) is 44.8 Å². The standard InChI is InChI=1S/C15H22O4/c1-4-17-14(16)8-6-5-7-11-9-12(11)13-10-18-15(2,3)19-13/h5-8,11-13H,4,9-10H2,1-3H3/b7-5+,8-6+/t11-,12-,13-/m1/s1. The molecule has 3 atom stereocenters. The lowest BCUT2D eigenvalue weighted by molar-refractivity contribution is -0.140. The second-order valence-electron chi connectivity index (χ2n) is 5.43. The second-order valence-corrected chi connectivity index (χ2v) is 5.43. The van der Waals surface area contributed by atoms with Crippen molar-refractivity contribution in [3.05, 3.63) is 24.3 Å². The molecule has 0 spiro atoms. The summed E-state index contributed by atoms with van der Waals surface area (Å²) in [6.45, 7) is 6.78. The van der Waals surface area contributed by atoms with Gasteiger partial charge in [-0.2, -0.15) is 0 Å². The Morgan fingerprint density at radius 1 is 1.42 bits per heavy atom. The van der Waals surface area contributed by atoms with Crippen molar-refractivity contribution in [2.24, 2.45) is 11.8 Å². The third-order valence-electron chi connectivity index (χ3n) is 3.39. The first-order chi connectivity index (χ1) is 9.02. The summed E-state index contributed by atoms with van der Waals surface area (Å²) in [5.41, 5.74) is 0. The Balaban J connectivity index is 1.71. The minimum Gasteiger partial charge on any atom is -0.463 e. The van der Waals surface area contributed by atoms with Crippen molar-refractivity contribution in [2.45, 2.75) is 39.1 Å². The van der Waals surface area contributed by atoms with Gasteiger partial charge >= 0.3 is 5.97 Å². The van der Waals surface area contributed by atoms with Gasteiger partial charge in [-0.1, -0.05) is 18.2 Å². The molecule has 1 saturated heterocycles. The Labute approximate surface area is 114 Å². The van der Waals surface area contributed by atoms with E-state index in [1.54, 1.807) is 13.0 Å². The van der Waals surface area contributed by atoms with Gasteiger partial charge in [-0.3, -0.25) is 0 Å². The van der Waals surface area contributed by atoms with Crippen LogP contribution < -0.4 is 0 Å². The van der Waals surface area contributed by atoms with Crippen LogP contribution in [0.1, 0.15) is 27.2 Å². The van der Waals surface area contributed by atoms with Gasteiger partial charge in [0.1, 0.15) is 0 Å². The Kier molecular flexibility index (Phi) is 4.42. The summed E-state index contributed by atoms with van der Waals surface area (Å²) in [6.07, 6.45) is 8.53. The largest absolute Gasteiger partial charge is 0.463 e. The number of hydrogen-bond acceptors (Lipinski definition) is 4. The van der Waals surface area contributed by atoms with Gasteiger partial charge in [0.25, 0.3) is 0 Å². The van der Waals surface area contributed by atoms with Crippen molar-refractivity contribution in [2.75, 3.05) is 13.2 Å². The summed E-state index contributed by atoms with van der Waals surface area (Å²) < 4.78 is 16.2. The molecule has 0 amide bonds. The SMILES string of the molecule is CCOC(=O)/C=C/C=C/[C@@H]1C[C@H]1[C@H]1COC(C)(C)O1. The Bertz CT molecular complexity index is 384. The monoisotopic (exact) mass is 266 g/mol. The number of hydrogen-bond donors (Lipinski definition) is 0. The van der Waals surface area contributed by atoms with Gasteiger partial charge in [-0.25, -0.2) is 4.79 Å². The van der Waals surface area contributed by atoms with Crippen molar-refractivity contribution >= 4 is 5.97 Å². The van der Waals surface area contributed by atoms with Crippen molar-refractivity contribution in [3.63, 3.8) is 0 Å². The summed E-state index contributed by atoms with van der Waals surface area (Å²) in [6, 6.07) is 0. The highest BCUT2D eigenvalue weighted by Crippen LogP contribution is 2.46. The summed E-state index contributed by atoms with van der Waals surface area (Å²) in [4.78, 5) is 11.1. The van der Waals surface area contributed by atoms with E-state index in [0.29, 0.717) is 25.0 Å². The molecule has 4 nitrogen and oxygen atoms in total. The van der Waals surface area contributed by atoms with E-state index in [0.717, 1.165) is 6.42 Å². The first-order valence-electron chi connectivity index (χ1n) is 6.85. The molecule has 0 aromatic heterocycles. The number of esters is 1. The normalized spacial score (nSPS) is 33.1. The van der Waals surface area contributed by atoms with Crippen molar-refractivity contribution in [1.82, 2.24) is 0 Å². The van der Waals surface area contributed by atoms with E-state index >= 15 is 0 Å². The molecular formula is C15H22O4. The summed E-state index contributed by atoms with van der Waals surface area (Å²) in [5, 5.41) is 0. The lowest BCUT2D eigenvalue weighted by Gasteiger charge is -2.16. The average Bonchev–Trinajstić information content (AvgIpc) is 3.02. The number of rotatable bonds is 5. The number of ether oxygens (including phenoxy) is 3. The van der Waals surface area contributed by atoms with Gasteiger partial charge in [0.05, 0.1) is 19.3 Å². The molecule has 0 N–H and O–H groups in total. The lowest BCUT2D eigenvalue weighted by atomic mass is 10.2. The van der Waals surface area contributed by atoms with Crippen LogP contribution in [0.4, 0.5) is 0 Å². The predicted molar refractivity (Wildman–Crippen MR) is 71.4 cm³/mol. The maximum Gasteiger partial charge on any atom is 0.330 e. The predicted octanol–water partition coefficient (Wildman–Crippen LogP) is 2.45. The molecule has 0 aromatic rings. The smallest absolute Gasteiger partial charge is 0.330 e. The van der Waals surface area contributed by atoms with Crippen LogP contribution >= 0.6 is 0 Å². The fourth-order valence-electron chi connectivity index (χ4n) is 2.34. The van der Waals surface area contributed by atoms with Crippen LogP contribution in [0.2, 0.25) is 0 Å². The molecule has 2 fully saturated rings. The number of allylic oxidation sites excluding steroid dienone is 3. The molecule has 1 aliphatic heterocycles. The van der Waals surface area contributed by atoms with E-state index in [9.17, 15) is 4.79 Å². The minimum absolute atomic E-state index is 0.207. The highest BCUT2D eigenvalue weighted by molar-refractivity contribution is 5.82. The van der Waals surface area contributed by atoms with E-state index in [2.05, 4.69) is 6.08 Å². The van der Waals surface area contributed by atoms with Gasteiger partial charge in [0.2, 0.25) is 0 Å².